The first kappa shape index (κ1) is 18.4. The fourth-order valence-electron chi connectivity index (χ4n) is 2.88. The van der Waals surface area contributed by atoms with E-state index in [4.69, 9.17) is 9.26 Å². The van der Waals surface area contributed by atoms with Gasteiger partial charge in [0.2, 0.25) is 5.91 Å². The number of fused-ring (bicyclic) bond motifs is 1. The Bertz CT molecular complexity index is 902. The topological polar surface area (TPSA) is 102 Å². The smallest absolute Gasteiger partial charge is 0.308 e. The van der Waals surface area contributed by atoms with Crippen LogP contribution < -0.4 is 5.32 Å². The molecule has 1 aliphatic rings. The number of hydrogen-bond donors (Lipinski definition) is 1. The first-order valence-electron chi connectivity index (χ1n) is 8.39. The standard InChI is InChI=1S/C19H19N3O5/c1-12-9-17(21-27-12)20-18(24)11-26-19(25)10-16-15-6-4-3-5-14(15)7-8-22(16)13(2)23/h3-9,16H,10-11H2,1-2H3,(H,20,21,24)/t16-/m1/s1. The zero-order valence-electron chi connectivity index (χ0n) is 15.0. The van der Waals surface area contributed by atoms with Crippen molar-refractivity contribution >= 4 is 29.7 Å². The predicted octanol–water partition coefficient (Wildman–Crippen LogP) is 2.43. The van der Waals surface area contributed by atoms with E-state index in [-0.39, 0.29) is 18.1 Å². The molecule has 1 N–H and O–H groups in total. The molecule has 8 heteroatoms. The van der Waals surface area contributed by atoms with E-state index in [1.165, 1.54) is 11.8 Å². The Hall–Kier alpha value is -3.42. The zero-order chi connectivity index (χ0) is 19.4. The number of esters is 1. The molecular weight excluding hydrogens is 350 g/mol. The lowest BCUT2D eigenvalue weighted by Crippen LogP contribution is -2.33. The number of ether oxygens (including phenoxy) is 1. The van der Waals surface area contributed by atoms with Crippen LogP contribution in [0, 0.1) is 6.92 Å². The average molecular weight is 369 g/mol. The molecule has 0 radical (unpaired) electrons. The fraction of sp³-hybridized carbons (Fsp3) is 0.263. The largest absolute Gasteiger partial charge is 0.455 e. The summed E-state index contributed by atoms with van der Waals surface area (Å²) in [7, 11) is 0. The number of nitrogens with one attached hydrogen (secondary N) is 1. The molecule has 27 heavy (non-hydrogen) atoms. The van der Waals surface area contributed by atoms with Crippen molar-refractivity contribution in [2.45, 2.75) is 26.3 Å². The molecule has 3 rings (SSSR count). The quantitative estimate of drug-likeness (QED) is 0.812. The summed E-state index contributed by atoms with van der Waals surface area (Å²) in [5, 5.41) is 6.10. The summed E-state index contributed by atoms with van der Waals surface area (Å²) in [6.45, 7) is 2.68. The molecule has 1 aliphatic heterocycles. The predicted molar refractivity (Wildman–Crippen MR) is 96.2 cm³/mol. The number of rotatable bonds is 5. The number of anilines is 1. The Balaban J connectivity index is 1.61. The lowest BCUT2D eigenvalue weighted by Gasteiger charge is -2.32. The van der Waals surface area contributed by atoms with Gasteiger partial charge in [0.1, 0.15) is 5.76 Å². The van der Waals surface area contributed by atoms with Crippen molar-refractivity contribution in [1.29, 1.82) is 0 Å². The van der Waals surface area contributed by atoms with E-state index in [0.717, 1.165) is 11.1 Å². The van der Waals surface area contributed by atoms with Crippen molar-refractivity contribution in [2.24, 2.45) is 0 Å². The van der Waals surface area contributed by atoms with Crippen LogP contribution in [0.2, 0.25) is 0 Å². The molecule has 0 saturated heterocycles. The van der Waals surface area contributed by atoms with Gasteiger partial charge in [-0.3, -0.25) is 14.4 Å². The van der Waals surface area contributed by atoms with Crippen LogP contribution in [0.4, 0.5) is 5.82 Å². The SMILES string of the molecule is CC(=O)N1C=Cc2ccccc2[C@H]1CC(=O)OCC(=O)Nc1cc(C)on1. The van der Waals surface area contributed by atoms with Crippen LogP contribution in [0.25, 0.3) is 6.08 Å². The van der Waals surface area contributed by atoms with Crippen molar-refractivity contribution < 1.29 is 23.6 Å². The number of amides is 2. The first-order chi connectivity index (χ1) is 12.9. The van der Waals surface area contributed by atoms with Crippen LogP contribution in [-0.4, -0.2) is 34.4 Å². The third-order valence-electron chi connectivity index (χ3n) is 4.09. The summed E-state index contributed by atoms with van der Waals surface area (Å²) in [6, 6.07) is 8.59. The minimum atomic E-state index is -0.581. The molecule has 1 atom stereocenters. The van der Waals surface area contributed by atoms with Gasteiger partial charge in [0, 0.05) is 19.2 Å². The Labute approximate surface area is 155 Å². The highest BCUT2D eigenvalue weighted by Crippen LogP contribution is 2.33. The Morgan fingerprint density at radius 1 is 1.30 bits per heavy atom. The maximum atomic E-state index is 12.3. The number of aromatic nitrogens is 1. The van der Waals surface area contributed by atoms with Crippen LogP contribution in [-0.2, 0) is 19.1 Å². The minimum Gasteiger partial charge on any atom is -0.455 e. The van der Waals surface area contributed by atoms with E-state index in [2.05, 4.69) is 10.5 Å². The van der Waals surface area contributed by atoms with Gasteiger partial charge >= 0.3 is 5.97 Å². The molecule has 2 amide bonds. The normalized spacial score (nSPS) is 15.2. The summed E-state index contributed by atoms with van der Waals surface area (Å²) in [5.74, 6) is -0.483. The molecular formula is C19H19N3O5. The molecule has 2 aromatic rings. The Kier molecular flexibility index (Phi) is 5.35. The summed E-state index contributed by atoms with van der Waals surface area (Å²) >= 11 is 0. The Morgan fingerprint density at radius 2 is 2.07 bits per heavy atom. The second-order valence-corrected chi connectivity index (χ2v) is 6.12. The highest BCUT2D eigenvalue weighted by atomic mass is 16.5. The van der Waals surface area contributed by atoms with Gasteiger partial charge in [-0.2, -0.15) is 0 Å². The summed E-state index contributed by atoms with van der Waals surface area (Å²) < 4.78 is 9.90. The van der Waals surface area contributed by atoms with E-state index in [9.17, 15) is 14.4 Å². The number of aryl methyl sites for hydroxylation is 1. The van der Waals surface area contributed by atoms with Gasteiger partial charge in [0.15, 0.2) is 12.4 Å². The number of hydrogen-bond acceptors (Lipinski definition) is 6. The second kappa shape index (κ2) is 7.86. The van der Waals surface area contributed by atoms with Gasteiger partial charge in [-0.1, -0.05) is 29.4 Å². The summed E-state index contributed by atoms with van der Waals surface area (Å²) in [4.78, 5) is 37.5. The lowest BCUT2D eigenvalue weighted by atomic mass is 9.94. The molecule has 140 valence electrons. The number of carbonyl (C=O) groups excluding carboxylic acids is 3. The van der Waals surface area contributed by atoms with Crippen LogP contribution in [0.5, 0.6) is 0 Å². The van der Waals surface area contributed by atoms with Crippen molar-refractivity contribution in [3.63, 3.8) is 0 Å². The third-order valence-corrected chi connectivity index (χ3v) is 4.09. The van der Waals surface area contributed by atoms with Crippen LogP contribution in [0.3, 0.4) is 0 Å². The van der Waals surface area contributed by atoms with Crippen molar-refractivity contribution in [3.8, 4) is 0 Å². The molecule has 1 aromatic carbocycles. The van der Waals surface area contributed by atoms with E-state index in [1.54, 1.807) is 19.2 Å². The van der Waals surface area contributed by atoms with Crippen molar-refractivity contribution in [2.75, 3.05) is 11.9 Å². The van der Waals surface area contributed by atoms with Gasteiger partial charge in [-0.15, -0.1) is 0 Å². The monoisotopic (exact) mass is 369 g/mol. The van der Waals surface area contributed by atoms with Crippen LogP contribution in [0.15, 0.2) is 41.1 Å². The number of nitrogens with zero attached hydrogens (tertiary/aromatic N) is 2. The van der Waals surface area contributed by atoms with Gasteiger partial charge in [0.25, 0.3) is 5.91 Å². The van der Waals surface area contributed by atoms with Gasteiger partial charge in [0.05, 0.1) is 12.5 Å². The molecule has 0 bridgehead atoms. The molecule has 8 nitrogen and oxygen atoms in total. The minimum absolute atomic E-state index is 0.0583. The van der Waals surface area contributed by atoms with Crippen molar-refractivity contribution in [1.82, 2.24) is 10.1 Å². The average Bonchev–Trinajstić information content (AvgIpc) is 3.04. The molecule has 0 spiro atoms. The maximum absolute atomic E-state index is 12.3. The first-order valence-corrected chi connectivity index (χ1v) is 8.39. The molecule has 0 fully saturated rings. The van der Waals surface area contributed by atoms with E-state index in [0.29, 0.717) is 5.76 Å². The molecule has 0 unspecified atom stereocenters. The van der Waals surface area contributed by atoms with E-state index >= 15 is 0 Å². The molecule has 2 heterocycles. The highest BCUT2D eigenvalue weighted by Gasteiger charge is 2.28. The zero-order valence-corrected chi connectivity index (χ0v) is 15.0. The number of benzene rings is 1. The van der Waals surface area contributed by atoms with Gasteiger partial charge in [-0.25, -0.2) is 0 Å². The maximum Gasteiger partial charge on any atom is 0.308 e. The fourth-order valence-corrected chi connectivity index (χ4v) is 2.88. The second-order valence-electron chi connectivity index (χ2n) is 6.12. The van der Waals surface area contributed by atoms with Crippen molar-refractivity contribution in [3.05, 3.63) is 53.4 Å². The number of carbonyl (C=O) groups is 3. The highest BCUT2D eigenvalue weighted by molar-refractivity contribution is 5.92. The third kappa shape index (κ3) is 4.41. The summed E-state index contributed by atoms with van der Waals surface area (Å²) in [5.41, 5.74) is 1.79. The van der Waals surface area contributed by atoms with E-state index < -0.39 is 24.5 Å². The van der Waals surface area contributed by atoms with Crippen LogP contribution in [0.1, 0.15) is 36.3 Å². The molecule has 1 aromatic heterocycles. The molecule has 0 saturated carbocycles. The van der Waals surface area contributed by atoms with Gasteiger partial charge < -0.3 is 19.5 Å². The summed E-state index contributed by atoms with van der Waals surface area (Å²) in [6.07, 6.45) is 3.42. The van der Waals surface area contributed by atoms with Gasteiger partial charge in [-0.05, 0) is 24.1 Å². The Morgan fingerprint density at radius 3 is 2.78 bits per heavy atom. The van der Waals surface area contributed by atoms with E-state index in [1.807, 2.05) is 30.3 Å². The molecule has 0 aliphatic carbocycles. The lowest BCUT2D eigenvalue weighted by molar-refractivity contribution is -0.149. The van der Waals surface area contributed by atoms with Crippen LogP contribution >= 0.6 is 0 Å².